The fraction of sp³-hybridized carbons (Fsp3) is 0.312. The molecule has 0 bridgehead atoms. The van der Waals surface area contributed by atoms with E-state index >= 15 is 0 Å². The van der Waals surface area contributed by atoms with Crippen molar-refractivity contribution in [3.8, 4) is 17.2 Å². The zero-order valence-electron chi connectivity index (χ0n) is 22.0. The highest BCUT2D eigenvalue weighted by Gasteiger charge is 2.47. The van der Waals surface area contributed by atoms with Crippen molar-refractivity contribution in [2.45, 2.75) is 44.8 Å². The summed E-state index contributed by atoms with van der Waals surface area (Å²) in [4.78, 5) is 28.2. The van der Waals surface area contributed by atoms with Gasteiger partial charge in [0.15, 0.2) is 0 Å². The van der Waals surface area contributed by atoms with Gasteiger partial charge in [-0.25, -0.2) is 0 Å². The highest BCUT2D eigenvalue weighted by atomic mass is 16.5. The van der Waals surface area contributed by atoms with Gasteiger partial charge in [0, 0.05) is 18.7 Å². The molecule has 2 atom stereocenters. The Hall–Kier alpha value is -4.10. The molecule has 1 N–H and O–H groups in total. The van der Waals surface area contributed by atoms with Gasteiger partial charge >= 0.3 is 0 Å². The summed E-state index contributed by atoms with van der Waals surface area (Å²) < 4.78 is 17.6. The van der Waals surface area contributed by atoms with Crippen LogP contribution in [0.2, 0.25) is 0 Å². The number of para-hydroxylation sites is 1. The van der Waals surface area contributed by atoms with Gasteiger partial charge in [-0.1, -0.05) is 43.7 Å². The van der Waals surface area contributed by atoms with Crippen LogP contribution < -0.4 is 9.47 Å². The van der Waals surface area contributed by atoms with Gasteiger partial charge in [0.05, 0.1) is 24.3 Å². The molecule has 2 saturated heterocycles. The zero-order chi connectivity index (χ0) is 27.2. The molecule has 3 aromatic carbocycles. The summed E-state index contributed by atoms with van der Waals surface area (Å²) in [6, 6.07) is 22.8. The third-order valence-electron chi connectivity index (χ3n) is 7.01. The van der Waals surface area contributed by atoms with Crippen molar-refractivity contribution in [2.75, 3.05) is 19.8 Å². The second-order valence-corrected chi connectivity index (χ2v) is 9.80. The molecule has 1 amide bonds. The van der Waals surface area contributed by atoms with E-state index in [1.54, 1.807) is 24.3 Å². The van der Waals surface area contributed by atoms with Gasteiger partial charge in [-0.15, -0.1) is 0 Å². The molecule has 0 saturated carbocycles. The lowest BCUT2D eigenvalue weighted by atomic mass is 9.95. The topological polar surface area (TPSA) is 85.3 Å². The van der Waals surface area contributed by atoms with Crippen LogP contribution in [-0.2, 0) is 14.3 Å². The van der Waals surface area contributed by atoms with E-state index in [4.69, 9.17) is 14.2 Å². The standard InChI is InChI=1S/C32H33NO6/c1-2-3-18-37-24-16-14-22(15-17-24)30(34)28-29(33(32(36)31(28)35)21-27-13-8-19-38-27)23-9-7-12-26(20-23)39-25-10-5-4-6-11-25/h4-7,9-12,14-17,20,27,29,34H,2-3,8,13,18-19,21H2,1H3/t27-,29-/m0/s1. The number of aliphatic hydroxyl groups excluding tert-OH is 1. The smallest absolute Gasteiger partial charge is 0.295 e. The van der Waals surface area contributed by atoms with Crippen molar-refractivity contribution < 1.29 is 28.9 Å². The normalized spacial score (nSPS) is 20.4. The van der Waals surface area contributed by atoms with Crippen molar-refractivity contribution in [1.29, 1.82) is 0 Å². The van der Waals surface area contributed by atoms with E-state index in [9.17, 15) is 14.7 Å². The number of carbonyl (C=O) groups is 2. The predicted octanol–water partition coefficient (Wildman–Crippen LogP) is 6.26. The Morgan fingerprint density at radius 3 is 2.46 bits per heavy atom. The molecule has 0 unspecified atom stereocenters. The molecule has 7 heteroatoms. The number of aliphatic hydroxyl groups is 1. The number of hydrogen-bond acceptors (Lipinski definition) is 6. The summed E-state index contributed by atoms with van der Waals surface area (Å²) in [5, 5.41) is 11.4. The number of Topliss-reactive ketones (excluding diaryl/α,β-unsaturated/α-hetero) is 1. The van der Waals surface area contributed by atoms with Crippen molar-refractivity contribution in [3.63, 3.8) is 0 Å². The molecule has 2 fully saturated rings. The van der Waals surface area contributed by atoms with Crippen molar-refractivity contribution in [1.82, 2.24) is 4.90 Å². The molecule has 2 heterocycles. The van der Waals surface area contributed by atoms with E-state index in [1.807, 2.05) is 54.6 Å². The van der Waals surface area contributed by atoms with Crippen LogP contribution in [0, 0.1) is 0 Å². The number of ether oxygens (including phenoxy) is 3. The number of unbranched alkanes of at least 4 members (excludes halogenated alkanes) is 1. The third-order valence-corrected chi connectivity index (χ3v) is 7.01. The largest absolute Gasteiger partial charge is 0.507 e. The molecular formula is C32H33NO6. The lowest BCUT2D eigenvalue weighted by Gasteiger charge is -2.27. The Kier molecular flexibility index (Phi) is 8.27. The number of ketones is 1. The number of nitrogens with zero attached hydrogens (tertiary/aromatic N) is 1. The maximum absolute atomic E-state index is 13.4. The molecule has 0 radical (unpaired) electrons. The highest BCUT2D eigenvalue weighted by Crippen LogP contribution is 2.41. The Morgan fingerprint density at radius 2 is 1.74 bits per heavy atom. The monoisotopic (exact) mass is 527 g/mol. The Morgan fingerprint density at radius 1 is 0.974 bits per heavy atom. The first-order valence-electron chi connectivity index (χ1n) is 13.5. The average molecular weight is 528 g/mol. The van der Waals surface area contributed by atoms with Gasteiger partial charge in [-0.3, -0.25) is 9.59 Å². The highest BCUT2D eigenvalue weighted by molar-refractivity contribution is 6.46. The summed E-state index contributed by atoms with van der Waals surface area (Å²) in [6.45, 7) is 3.60. The lowest BCUT2D eigenvalue weighted by Crippen LogP contribution is -2.36. The van der Waals surface area contributed by atoms with E-state index in [1.165, 1.54) is 4.90 Å². The summed E-state index contributed by atoms with van der Waals surface area (Å²) in [6.07, 6.45) is 3.54. The fourth-order valence-corrected chi connectivity index (χ4v) is 4.99. The number of rotatable bonds is 10. The average Bonchev–Trinajstić information content (AvgIpc) is 3.56. The van der Waals surface area contributed by atoms with Gasteiger partial charge in [-0.2, -0.15) is 0 Å². The van der Waals surface area contributed by atoms with Gasteiger partial charge in [0.2, 0.25) is 0 Å². The minimum atomic E-state index is -0.783. The van der Waals surface area contributed by atoms with Gasteiger partial charge < -0.3 is 24.2 Å². The minimum absolute atomic E-state index is 0.0505. The minimum Gasteiger partial charge on any atom is -0.507 e. The molecule has 0 aromatic heterocycles. The molecule has 0 spiro atoms. The molecule has 39 heavy (non-hydrogen) atoms. The maximum atomic E-state index is 13.4. The molecule has 0 aliphatic carbocycles. The number of carbonyl (C=O) groups excluding carboxylic acids is 2. The SMILES string of the molecule is CCCCOc1ccc(C(O)=C2C(=O)C(=O)N(C[C@@H]3CCCO3)[C@H]2c2cccc(Oc3ccccc3)c2)cc1. The van der Waals surface area contributed by atoms with Crippen LogP contribution in [0.5, 0.6) is 17.2 Å². The molecule has 5 rings (SSSR count). The van der Waals surface area contributed by atoms with Gasteiger partial charge in [0.1, 0.15) is 23.0 Å². The summed E-state index contributed by atoms with van der Waals surface area (Å²) in [7, 11) is 0. The van der Waals surface area contributed by atoms with Crippen LogP contribution in [0.3, 0.4) is 0 Å². The summed E-state index contributed by atoms with van der Waals surface area (Å²) >= 11 is 0. The Balaban J connectivity index is 1.51. The number of amides is 1. The number of benzene rings is 3. The van der Waals surface area contributed by atoms with Crippen LogP contribution in [0.4, 0.5) is 0 Å². The zero-order valence-corrected chi connectivity index (χ0v) is 22.0. The number of likely N-dealkylation sites (tertiary alicyclic amines) is 1. The molecule has 2 aliphatic heterocycles. The summed E-state index contributed by atoms with van der Waals surface area (Å²) in [5.74, 6) is 0.335. The van der Waals surface area contributed by atoms with Crippen LogP contribution in [0.1, 0.15) is 49.8 Å². The third kappa shape index (κ3) is 5.99. The van der Waals surface area contributed by atoms with Crippen LogP contribution in [0.25, 0.3) is 5.76 Å². The molecule has 202 valence electrons. The van der Waals surface area contributed by atoms with E-state index in [2.05, 4.69) is 6.92 Å². The van der Waals surface area contributed by atoms with Crippen LogP contribution in [0.15, 0.2) is 84.4 Å². The van der Waals surface area contributed by atoms with E-state index in [-0.39, 0.29) is 24.0 Å². The Bertz CT molecular complexity index is 1330. The molecule has 3 aromatic rings. The first-order valence-corrected chi connectivity index (χ1v) is 13.5. The van der Waals surface area contributed by atoms with Gasteiger partial charge in [-0.05, 0) is 73.4 Å². The first kappa shape index (κ1) is 26.5. The second kappa shape index (κ2) is 12.2. The van der Waals surface area contributed by atoms with Crippen LogP contribution >= 0.6 is 0 Å². The van der Waals surface area contributed by atoms with E-state index in [0.29, 0.717) is 41.6 Å². The van der Waals surface area contributed by atoms with Crippen molar-refractivity contribution >= 4 is 17.4 Å². The molecule has 2 aliphatic rings. The van der Waals surface area contributed by atoms with Gasteiger partial charge in [0.25, 0.3) is 11.7 Å². The van der Waals surface area contributed by atoms with Crippen LogP contribution in [-0.4, -0.2) is 47.6 Å². The number of hydrogen-bond donors (Lipinski definition) is 1. The van der Waals surface area contributed by atoms with E-state index in [0.717, 1.165) is 25.7 Å². The first-order chi connectivity index (χ1) is 19.0. The molecular weight excluding hydrogens is 494 g/mol. The quantitative estimate of drug-likeness (QED) is 0.145. The molecule has 7 nitrogen and oxygen atoms in total. The lowest BCUT2D eigenvalue weighted by molar-refractivity contribution is -0.140. The van der Waals surface area contributed by atoms with Crippen molar-refractivity contribution in [2.24, 2.45) is 0 Å². The summed E-state index contributed by atoms with van der Waals surface area (Å²) in [5.41, 5.74) is 1.16. The van der Waals surface area contributed by atoms with Crippen molar-refractivity contribution in [3.05, 3.63) is 95.6 Å². The maximum Gasteiger partial charge on any atom is 0.295 e. The predicted molar refractivity (Wildman–Crippen MR) is 148 cm³/mol. The second-order valence-electron chi connectivity index (χ2n) is 9.80. The van der Waals surface area contributed by atoms with E-state index < -0.39 is 17.7 Å². The fourth-order valence-electron chi connectivity index (χ4n) is 4.99. The Labute approximate surface area is 228 Å².